The number of hydrogen-bond donors (Lipinski definition) is 1. The van der Waals surface area contributed by atoms with Crippen molar-refractivity contribution in [3.8, 4) is 16.9 Å². The van der Waals surface area contributed by atoms with E-state index >= 15 is 8.78 Å². The van der Waals surface area contributed by atoms with Crippen molar-refractivity contribution >= 4 is 34.1 Å². The number of carbonyl (C=O) groups is 2. The number of fused-ring (bicyclic) bond motifs is 1. The molecule has 11 nitrogen and oxygen atoms in total. The number of aromatic nitrogens is 5. The smallest absolute Gasteiger partial charge is 0.270 e. The molecular weight excluding hydrogens is 656 g/mol. The maximum absolute atomic E-state index is 16.5. The molecule has 0 saturated carbocycles. The summed E-state index contributed by atoms with van der Waals surface area (Å²) in [6.45, 7) is 2.19. The van der Waals surface area contributed by atoms with Gasteiger partial charge in [-0.15, -0.1) is 5.10 Å². The Kier molecular flexibility index (Phi) is 8.95. The summed E-state index contributed by atoms with van der Waals surface area (Å²) in [6, 6.07) is 7.18. The minimum absolute atomic E-state index is 0.0427. The van der Waals surface area contributed by atoms with E-state index in [0.29, 0.717) is 44.0 Å². The summed E-state index contributed by atoms with van der Waals surface area (Å²) in [7, 11) is 1.42. The molecule has 1 fully saturated rings. The highest BCUT2D eigenvalue weighted by molar-refractivity contribution is 6.04. The molecule has 50 heavy (non-hydrogen) atoms. The Morgan fingerprint density at radius 1 is 0.920 bits per heavy atom. The highest BCUT2D eigenvalue weighted by Crippen LogP contribution is 2.38. The molecule has 2 amide bonds. The predicted molar refractivity (Wildman–Crippen MR) is 176 cm³/mol. The zero-order chi connectivity index (χ0) is 34.9. The summed E-state index contributed by atoms with van der Waals surface area (Å²) in [5.74, 6) is -2.44. The normalized spacial score (nSPS) is 15.1. The van der Waals surface area contributed by atoms with Gasteiger partial charge in [-0.3, -0.25) is 14.3 Å². The molecule has 0 aliphatic carbocycles. The van der Waals surface area contributed by atoms with Gasteiger partial charge in [-0.25, -0.2) is 22.5 Å². The molecule has 3 aromatic heterocycles. The Morgan fingerprint density at radius 2 is 1.74 bits per heavy atom. The van der Waals surface area contributed by atoms with Crippen LogP contribution in [-0.2, 0) is 11.3 Å². The number of anilines is 1. The lowest BCUT2D eigenvalue weighted by atomic mass is 9.93. The zero-order valence-electron chi connectivity index (χ0n) is 27.0. The van der Waals surface area contributed by atoms with Gasteiger partial charge in [0.05, 0.1) is 31.6 Å². The Morgan fingerprint density at radius 3 is 2.50 bits per heavy atom. The first-order chi connectivity index (χ1) is 24.2. The third kappa shape index (κ3) is 6.37. The SMILES string of the molecule is COc1cc(F)cnc1N1CCN(C(=O)c2cc3c(-c4cc(F)ccc4F)cc(C4=CCCN(C(=O)CCn5ccnn5)C4)c(F)c3[nH]2)CC1. The van der Waals surface area contributed by atoms with E-state index in [1.165, 1.54) is 31.5 Å². The van der Waals surface area contributed by atoms with E-state index in [9.17, 15) is 18.4 Å². The van der Waals surface area contributed by atoms with Gasteiger partial charge in [-0.1, -0.05) is 11.3 Å². The number of aryl methyl sites for hydroxylation is 1. The first-order valence-electron chi connectivity index (χ1n) is 16.1. The highest BCUT2D eigenvalue weighted by Gasteiger charge is 2.29. The summed E-state index contributed by atoms with van der Waals surface area (Å²) in [5.41, 5.74) is 0.743. The van der Waals surface area contributed by atoms with Crippen LogP contribution >= 0.6 is 0 Å². The van der Waals surface area contributed by atoms with Crippen molar-refractivity contribution in [3.05, 3.63) is 95.6 Å². The third-order valence-corrected chi connectivity index (χ3v) is 9.06. The number of H-pyrrole nitrogens is 1. The number of methoxy groups -OCH3 is 1. The van der Waals surface area contributed by atoms with Gasteiger partial charge in [0.1, 0.15) is 23.1 Å². The van der Waals surface area contributed by atoms with E-state index in [4.69, 9.17) is 4.74 Å². The molecule has 2 aromatic carbocycles. The van der Waals surface area contributed by atoms with Crippen molar-refractivity contribution in [1.82, 2.24) is 34.8 Å². The molecule has 0 spiro atoms. The predicted octanol–water partition coefficient (Wildman–Crippen LogP) is 5.05. The van der Waals surface area contributed by atoms with Gasteiger partial charge in [0, 0.05) is 74.5 Å². The number of hydrogen-bond acceptors (Lipinski definition) is 7. The van der Waals surface area contributed by atoms with E-state index in [0.717, 1.165) is 24.4 Å². The topological polar surface area (TPSA) is 112 Å². The van der Waals surface area contributed by atoms with Crippen LogP contribution in [0.3, 0.4) is 0 Å². The van der Waals surface area contributed by atoms with E-state index < -0.39 is 29.2 Å². The first kappa shape index (κ1) is 32.8. The minimum atomic E-state index is -0.720. The van der Waals surface area contributed by atoms with Gasteiger partial charge < -0.3 is 24.4 Å². The van der Waals surface area contributed by atoms with Crippen LogP contribution in [0, 0.1) is 23.3 Å². The summed E-state index contributed by atoms with van der Waals surface area (Å²) in [5, 5.41) is 7.83. The number of ether oxygens (including phenoxy) is 1. The second-order valence-corrected chi connectivity index (χ2v) is 12.1. The molecule has 5 heterocycles. The number of nitrogens with one attached hydrogen (secondary N) is 1. The molecule has 2 aliphatic heterocycles. The summed E-state index contributed by atoms with van der Waals surface area (Å²) >= 11 is 0. The fraction of sp³-hybridized carbons (Fsp3) is 0.286. The summed E-state index contributed by atoms with van der Waals surface area (Å²) < 4.78 is 66.8. The number of rotatable bonds is 8. The average Bonchev–Trinajstić information content (AvgIpc) is 3.83. The monoisotopic (exact) mass is 688 g/mol. The molecular formula is C35H32F4N8O3. The Hall–Kier alpha value is -5.73. The van der Waals surface area contributed by atoms with Gasteiger partial charge in [0.15, 0.2) is 17.4 Å². The molecule has 0 atom stereocenters. The lowest BCUT2D eigenvalue weighted by molar-refractivity contribution is -0.131. The van der Waals surface area contributed by atoms with E-state index in [2.05, 4.69) is 20.3 Å². The molecule has 2 aliphatic rings. The van der Waals surface area contributed by atoms with Crippen LogP contribution in [-0.4, -0.2) is 93.0 Å². The quantitative estimate of drug-likeness (QED) is 0.227. The third-order valence-electron chi connectivity index (χ3n) is 9.06. The molecule has 1 saturated heterocycles. The average molecular weight is 689 g/mol. The van der Waals surface area contributed by atoms with Crippen LogP contribution in [0.15, 0.2) is 61.1 Å². The van der Waals surface area contributed by atoms with Gasteiger partial charge in [0.2, 0.25) is 5.91 Å². The molecule has 0 bridgehead atoms. The fourth-order valence-corrected chi connectivity index (χ4v) is 6.50. The number of nitrogens with zero attached hydrogens (tertiary/aromatic N) is 7. The largest absolute Gasteiger partial charge is 0.493 e. The number of halogens is 4. The van der Waals surface area contributed by atoms with Crippen molar-refractivity contribution in [1.29, 1.82) is 0 Å². The van der Waals surface area contributed by atoms with Crippen molar-refractivity contribution in [2.75, 3.05) is 51.3 Å². The number of amides is 2. The highest BCUT2D eigenvalue weighted by atomic mass is 19.1. The molecule has 258 valence electrons. The van der Waals surface area contributed by atoms with Crippen molar-refractivity contribution in [2.24, 2.45) is 0 Å². The lowest BCUT2D eigenvalue weighted by Gasteiger charge is -2.35. The Balaban J connectivity index is 1.19. The molecule has 15 heteroatoms. The fourth-order valence-electron chi connectivity index (χ4n) is 6.50. The molecule has 0 radical (unpaired) electrons. The van der Waals surface area contributed by atoms with Crippen molar-refractivity contribution in [3.63, 3.8) is 0 Å². The van der Waals surface area contributed by atoms with Crippen LogP contribution < -0.4 is 9.64 Å². The van der Waals surface area contributed by atoms with Crippen LogP contribution in [0.5, 0.6) is 5.75 Å². The second-order valence-electron chi connectivity index (χ2n) is 12.1. The van der Waals surface area contributed by atoms with Crippen LogP contribution in [0.4, 0.5) is 23.4 Å². The molecule has 7 rings (SSSR count). The standard InChI is InChI=1S/C35H32F4N8O3/c1-50-30-16-23(37)19-40-34(30)44-11-13-45(14-12-44)35(49)29-18-27-25(26-15-22(36)4-5-28(26)38)17-24(32(39)33(27)42-29)21-3-2-8-46(20-21)31(48)6-9-47-10-7-41-43-47/h3-5,7,10,15-19,42H,2,6,8-9,11-14,20H2,1H3. The van der Waals surface area contributed by atoms with Crippen molar-refractivity contribution < 1.29 is 31.9 Å². The van der Waals surface area contributed by atoms with Gasteiger partial charge in [-0.2, -0.15) is 0 Å². The maximum atomic E-state index is 16.5. The number of carbonyl (C=O) groups excluding carboxylic acids is 2. The second kappa shape index (κ2) is 13.6. The van der Waals surface area contributed by atoms with Gasteiger partial charge in [0.25, 0.3) is 5.91 Å². The Labute approximate surface area is 283 Å². The summed E-state index contributed by atoms with van der Waals surface area (Å²) in [4.78, 5) is 39.0. The molecule has 0 unspecified atom stereocenters. The number of piperazine rings is 1. The first-order valence-corrected chi connectivity index (χ1v) is 16.1. The van der Waals surface area contributed by atoms with Crippen LogP contribution in [0.1, 0.15) is 28.9 Å². The summed E-state index contributed by atoms with van der Waals surface area (Å²) in [6.07, 6.45) is 6.74. The van der Waals surface area contributed by atoms with Crippen LogP contribution in [0.25, 0.3) is 27.6 Å². The minimum Gasteiger partial charge on any atom is -0.493 e. The van der Waals surface area contributed by atoms with Gasteiger partial charge in [-0.05, 0) is 47.9 Å². The molecule has 1 N–H and O–H groups in total. The van der Waals surface area contributed by atoms with E-state index in [-0.39, 0.29) is 71.0 Å². The zero-order valence-corrected chi connectivity index (χ0v) is 27.0. The molecule has 5 aromatic rings. The lowest BCUT2D eigenvalue weighted by Crippen LogP contribution is -2.49. The van der Waals surface area contributed by atoms with Crippen LogP contribution in [0.2, 0.25) is 0 Å². The number of benzene rings is 2. The van der Waals surface area contributed by atoms with Crippen molar-refractivity contribution in [2.45, 2.75) is 19.4 Å². The maximum Gasteiger partial charge on any atom is 0.270 e. The number of pyridine rings is 1. The van der Waals surface area contributed by atoms with E-state index in [1.54, 1.807) is 20.7 Å². The Bertz CT molecular complexity index is 2110. The number of aromatic amines is 1. The van der Waals surface area contributed by atoms with E-state index in [1.807, 2.05) is 11.0 Å². The van der Waals surface area contributed by atoms with Gasteiger partial charge >= 0.3 is 0 Å².